The van der Waals surface area contributed by atoms with Gasteiger partial charge in [-0.05, 0) is 60.2 Å². The Morgan fingerprint density at radius 1 is 0.951 bits per heavy atom. The van der Waals surface area contributed by atoms with Crippen molar-refractivity contribution in [3.05, 3.63) is 95.6 Å². The van der Waals surface area contributed by atoms with E-state index in [1.807, 2.05) is 30.3 Å². The molecule has 0 unspecified atom stereocenters. The standard InChI is InChI=1S/C31H37N3O6S/c1-40-27-14-9-25(10-15-27)23-34(30(31(37)32-19-22-35)26-7-3-2-4-8-26)29(36)18-13-24-11-16-28(17-12-24)41(38,39)33-20-5-6-21-33/h2-4,7-12,14-17,30,35H,5-6,13,18-23H2,1H3,(H,32,37)/t30-/m1/s1. The molecule has 9 nitrogen and oxygen atoms in total. The second-order valence-electron chi connectivity index (χ2n) is 9.95. The number of aliphatic hydroxyl groups is 1. The molecule has 41 heavy (non-hydrogen) atoms. The fourth-order valence-corrected chi connectivity index (χ4v) is 6.45. The van der Waals surface area contributed by atoms with Crippen LogP contribution < -0.4 is 10.1 Å². The van der Waals surface area contributed by atoms with Crippen LogP contribution in [0.25, 0.3) is 0 Å². The SMILES string of the molecule is COc1ccc(CN(C(=O)CCc2ccc(S(=O)(=O)N3CCCC3)cc2)[C@@H](C(=O)NCCO)c2ccccc2)cc1. The minimum atomic E-state index is -3.51. The summed E-state index contributed by atoms with van der Waals surface area (Å²) in [5.74, 6) is 0.0632. The topological polar surface area (TPSA) is 116 Å². The van der Waals surface area contributed by atoms with Crippen molar-refractivity contribution < 1.29 is 27.9 Å². The number of aliphatic hydroxyl groups excluding tert-OH is 1. The van der Waals surface area contributed by atoms with Gasteiger partial charge in [-0.2, -0.15) is 4.31 Å². The largest absolute Gasteiger partial charge is 0.497 e. The second kappa shape index (κ2) is 14.2. The molecular weight excluding hydrogens is 542 g/mol. The number of carbonyl (C=O) groups is 2. The average molecular weight is 580 g/mol. The first-order valence-corrected chi connectivity index (χ1v) is 15.2. The highest BCUT2D eigenvalue weighted by Crippen LogP contribution is 2.26. The van der Waals surface area contributed by atoms with E-state index in [0.29, 0.717) is 30.8 Å². The summed E-state index contributed by atoms with van der Waals surface area (Å²) >= 11 is 0. The van der Waals surface area contributed by atoms with Crippen molar-refractivity contribution in [3.8, 4) is 5.75 Å². The predicted molar refractivity (Wildman–Crippen MR) is 156 cm³/mol. The Morgan fingerprint density at radius 3 is 2.20 bits per heavy atom. The maximum absolute atomic E-state index is 13.8. The Kier molecular flexibility index (Phi) is 10.5. The van der Waals surface area contributed by atoms with Gasteiger partial charge in [0.05, 0.1) is 18.6 Å². The van der Waals surface area contributed by atoms with Crippen LogP contribution in [0.15, 0.2) is 83.8 Å². The van der Waals surface area contributed by atoms with Gasteiger partial charge in [-0.3, -0.25) is 9.59 Å². The Labute approximate surface area is 241 Å². The molecule has 3 aromatic rings. The third-order valence-electron chi connectivity index (χ3n) is 7.17. The van der Waals surface area contributed by atoms with E-state index >= 15 is 0 Å². The number of rotatable bonds is 13. The lowest BCUT2D eigenvalue weighted by Gasteiger charge is -2.32. The molecule has 1 saturated heterocycles. The minimum Gasteiger partial charge on any atom is -0.497 e. The lowest BCUT2D eigenvalue weighted by atomic mass is 10.0. The zero-order chi connectivity index (χ0) is 29.2. The van der Waals surface area contributed by atoms with Crippen LogP contribution in [0, 0.1) is 0 Å². The summed E-state index contributed by atoms with van der Waals surface area (Å²) in [6.45, 7) is 1.11. The second-order valence-corrected chi connectivity index (χ2v) is 11.9. The van der Waals surface area contributed by atoms with E-state index in [0.717, 1.165) is 24.0 Å². The summed E-state index contributed by atoms with van der Waals surface area (Å²) < 4.78 is 32.5. The molecule has 1 fully saturated rings. The highest BCUT2D eigenvalue weighted by molar-refractivity contribution is 7.89. The average Bonchev–Trinajstić information content (AvgIpc) is 3.56. The van der Waals surface area contributed by atoms with Gasteiger partial charge in [0.1, 0.15) is 11.8 Å². The fourth-order valence-electron chi connectivity index (χ4n) is 4.94. The smallest absolute Gasteiger partial charge is 0.247 e. The van der Waals surface area contributed by atoms with Gasteiger partial charge in [0.25, 0.3) is 0 Å². The normalized spacial score (nSPS) is 14.4. The molecule has 1 aliphatic heterocycles. The number of nitrogens with one attached hydrogen (secondary N) is 1. The van der Waals surface area contributed by atoms with Crippen LogP contribution in [0.3, 0.4) is 0 Å². The van der Waals surface area contributed by atoms with E-state index in [1.165, 1.54) is 4.31 Å². The number of hydrogen-bond acceptors (Lipinski definition) is 6. The van der Waals surface area contributed by atoms with Crippen molar-refractivity contribution in [2.45, 2.75) is 43.2 Å². The Balaban J connectivity index is 1.56. The summed E-state index contributed by atoms with van der Waals surface area (Å²) in [5.41, 5.74) is 2.30. The molecule has 10 heteroatoms. The summed E-state index contributed by atoms with van der Waals surface area (Å²) in [5, 5.41) is 12.0. The first-order valence-electron chi connectivity index (χ1n) is 13.8. The quantitative estimate of drug-likeness (QED) is 0.321. The third-order valence-corrected chi connectivity index (χ3v) is 9.09. The molecule has 0 bridgehead atoms. The van der Waals surface area contributed by atoms with Gasteiger partial charge < -0.3 is 20.1 Å². The number of aryl methyl sites for hydroxylation is 1. The first kappa shape index (κ1) is 30.2. The van der Waals surface area contributed by atoms with Gasteiger partial charge >= 0.3 is 0 Å². The van der Waals surface area contributed by atoms with E-state index in [-0.39, 0.29) is 42.8 Å². The van der Waals surface area contributed by atoms with Crippen molar-refractivity contribution in [1.29, 1.82) is 0 Å². The van der Waals surface area contributed by atoms with Crippen LogP contribution >= 0.6 is 0 Å². The summed E-state index contributed by atoms with van der Waals surface area (Å²) in [6, 6.07) is 22.2. The van der Waals surface area contributed by atoms with Gasteiger partial charge in [0, 0.05) is 32.6 Å². The number of sulfonamides is 1. The monoisotopic (exact) mass is 579 g/mol. The molecule has 2 amide bonds. The van der Waals surface area contributed by atoms with Gasteiger partial charge in [-0.1, -0.05) is 54.6 Å². The van der Waals surface area contributed by atoms with E-state index in [1.54, 1.807) is 60.5 Å². The van der Waals surface area contributed by atoms with Crippen LogP contribution in [-0.4, -0.2) is 67.9 Å². The Hall–Kier alpha value is -3.73. The van der Waals surface area contributed by atoms with E-state index in [4.69, 9.17) is 4.74 Å². The van der Waals surface area contributed by atoms with Crippen LogP contribution in [-0.2, 0) is 32.6 Å². The molecule has 3 aromatic carbocycles. The maximum Gasteiger partial charge on any atom is 0.247 e. The zero-order valence-electron chi connectivity index (χ0n) is 23.2. The van der Waals surface area contributed by atoms with Crippen molar-refractivity contribution >= 4 is 21.8 Å². The third kappa shape index (κ3) is 7.72. The van der Waals surface area contributed by atoms with Crippen molar-refractivity contribution in [2.75, 3.05) is 33.4 Å². The number of nitrogens with zero attached hydrogens (tertiary/aromatic N) is 2. The number of carbonyl (C=O) groups excluding carboxylic acids is 2. The van der Waals surface area contributed by atoms with Crippen LogP contribution in [0.1, 0.15) is 42.0 Å². The van der Waals surface area contributed by atoms with Crippen molar-refractivity contribution in [1.82, 2.24) is 14.5 Å². The Morgan fingerprint density at radius 2 is 1.59 bits per heavy atom. The van der Waals surface area contributed by atoms with E-state index in [2.05, 4.69) is 5.32 Å². The highest BCUT2D eigenvalue weighted by atomic mass is 32.2. The summed E-state index contributed by atoms with van der Waals surface area (Å²) in [4.78, 5) is 29.0. The molecule has 0 aromatic heterocycles. The van der Waals surface area contributed by atoms with E-state index < -0.39 is 16.1 Å². The van der Waals surface area contributed by atoms with Gasteiger partial charge in [-0.15, -0.1) is 0 Å². The van der Waals surface area contributed by atoms with Crippen molar-refractivity contribution in [3.63, 3.8) is 0 Å². The zero-order valence-corrected chi connectivity index (χ0v) is 24.1. The van der Waals surface area contributed by atoms with E-state index in [9.17, 15) is 23.1 Å². The number of methoxy groups -OCH3 is 1. The summed E-state index contributed by atoms with van der Waals surface area (Å²) in [7, 11) is -1.93. The van der Waals surface area contributed by atoms with Crippen LogP contribution in [0.4, 0.5) is 0 Å². The number of hydrogen-bond donors (Lipinski definition) is 2. The molecule has 1 heterocycles. The highest BCUT2D eigenvalue weighted by Gasteiger charge is 2.31. The van der Waals surface area contributed by atoms with Crippen LogP contribution in [0.5, 0.6) is 5.75 Å². The molecule has 0 saturated carbocycles. The number of amides is 2. The molecule has 1 aliphatic rings. The maximum atomic E-state index is 13.8. The minimum absolute atomic E-state index is 0.0689. The lowest BCUT2D eigenvalue weighted by Crippen LogP contribution is -2.44. The molecule has 0 spiro atoms. The molecular formula is C31H37N3O6S. The molecule has 0 aliphatic carbocycles. The number of benzene rings is 3. The van der Waals surface area contributed by atoms with Gasteiger partial charge in [0.2, 0.25) is 21.8 Å². The number of ether oxygens (including phenoxy) is 1. The van der Waals surface area contributed by atoms with Crippen LogP contribution in [0.2, 0.25) is 0 Å². The molecule has 4 rings (SSSR count). The molecule has 218 valence electrons. The fraction of sp³-hybridized carbons (Fsp3) is 0.355. The van der Waals surface area contributed by atoms with Gasteiger partial charge in [-0.25, -0.2) is 8.42 Å². The molecule has 1 atom stereocenters. The summed E-state index contributed by atoms with van der Waals surface area (Å²) in [6.07, 6.45) is 2.23. The molecule has 0 radical (unpaired) electrons. The lowest BCUT2D eigenvalue weighted by molar-refractivity contribution is -0.141. The first-order chi connectivity index (χ1) is 19.8. The predicted octanol–water partition coefficient (Wildman–Crippen LogP) is 3.29. The van der Waals surface area contributed by atoms with Crippen molar-refractivity contribution in [2.24, 2.45) is 0 Å². The molecule has 2 N–H and O–H groups in total. The van der Waals surface area contributed by atoms with Gasteiger partial charge in [0.15, 0.2) is 0 Å². The Bertz CT molecular complexity index is 1390.